The van der Waals surface area contributed by atoms with Gasteiger partial charge in [0, 0.05) is 12.1 Å². The average molecular weight is 392 g/mol. The number of phenolic OH excluding ortho intramolecular Hbond substituents is 2. The number of benzene rings is 2. The predicted molar refractivity (Wildman–Crippen MR) is 103 cm³/mol. The van der Waals surface area contributed by atoms with Crippen molar-refractivity contribution in [2.45, 2.75) is 44.6 Å². The van der Waals surface area contributed by atoms with Crippen molar-refractivity contribution in [3.8, 4) is 11.5 Å². The first kappa shape index (κ1) is 18.8. The molecule has 2 atom stereocenters. The minimum atomic E-state index is 0. The van der Waals surface area contributed by atoms with Crippen LogP contribution in [0, 0.1) is 6.92 Å². The second kappa shape index (κ2) is 8.54. The molecule has 0 aromatic heterocycles. The summed E-state index contributed by atoms with van der Waals surface area (Å²) in [5, 5.41) is 23.2. The van der Waals surface area contributed by atoms with Crippen LogP contribution in [0.4, 0.5) is 0 Å². The molecule has 0 saturated carbocycles. The first-order valence-corrected chi connectivity index (χ1v) is 8.42. The van der Waals surface area contributed by atoms with E-state index in [1.807, 2.05) is 6.07 Å². The number of rotatable bonds is 5. The Morgan fingerprint density at radius 2 is 1.88 bits per heavy atom. The number of nitrogens with one attached hydrogen (secondary N) is 1. The molecule has 1 aliphatic heterocycles. The van der Waals surface area contributed by atoms with Gasteiger partial charge in [-0.2, -0.15) is 0 Å². The summed E-state index contributed by atoms with van der Waals surface area (Å²) in [4.78, 5) is 0. The molecule has 130 valence electrons. The summed E-state index contributed by atoms with van der Waals surface area (Å²) in [6.07, 6.45) is 4.33. The standard InChI is InChI=1S/C20H25NO2.BrH/c1-14-4-6-15(7-5-14)17(12-18-3-2-10-21-18)11-16-8-9-19(22)13-20(16)23;/h4-9,13,17-18,21-23H,2-3,10-12H2,1H3;1H. The minimum absolute atomic E-state index is 0. The van der Waals surface area contributed by atoms with Crippen LogP contribution in [0.5, 0.6) is 11.5 Å². The van der Waals surface area contributed by atoms with Crippen LogP contribution in [-0.2, 0) is 6.42 Å². The number of phenols is 2. The van der Waals surface area contributed by atoms with E-state index in [1.165, 1.54) is 30.0 Å². The van der Waals surface area contributed by atoms with Crippen molar-refractivity contribution in [2.75, 3.05) is 6.54 Å². The minimum Gasteiger partial charge on any atom is -0.508 e. The van der Waals surface area contributed by atoms with Gasteiger partial charge < -0.3 is 15.5 Å². The summed E-state index contributed by atoms with van der Waals surface area (Å²) in [7, 11) is 0. The summed E-state index contributed by atoms with van der Waals surface area (Å²) < 4.78 is 0. The van der Waals surface area contributed by atoms with Crippen molar-refractivity contribution < 1.29 is 10.2 Å². The lowest BCUT2D eigenvalue weighted by atomic mass is 9.85. The van der Waals surface area contributed by atoms with Crippen molar-refractivity contribution in [3.05, 3.63) is 59.2 Å². The van der Waals surface area contributed by atoms with Gasteiger partial charge >= 0.3 is 0 Å². The van der Waals surface area contributed by atoms with Gasteiger partial charge in [-0.1, -0.05) is 35.9 Å². The second-order valence-corrected chi connectivity index (χ2v) is 6.65. The second-order valence-electron chi connectivity index (χ2n) is 6.65. The molecule has 3 N–H and O–H groups in total. The Balaban J connectivity index is 0.00000208. The molecule has 0 bridgehead atoms. The molecule has 1 saturated heterocycles. The molecular weight excluding hydrogens is 366 g/mol. The molecule has 1 aliphatic rings. The predicted octanol–water partition coefficient (Wildman–Crippen LogP) is 4.45. The highest BCUT2D eigenvalue weighted by atomic mass is 79.9. The van der Waals surface area contributed by atoms with Crippen LogP contribution < -0.4 is 5.32 Å². The highest BCUT2D eigenvalue weighted by Gasteiger charge is 2.22. The van der Waals surface area contributed by atoms with Gasteiger partial charge in [0.15, 0.2) is 0 Å². The van der Waals surface area contributed by atoms with E-state index in [2.05, 4.69) is 36.5 Å². The SMILES string of the molecule is Br.Cc1ccc(C(Cc2ccc(O)cc2O)CC2CCCN2)cc1. The topological polar surface area (TPSA) is 52.5 Å². The molecule has 1 fully saturated rings. The first-order valence-electron chi connectivity index (χ1n) is 8.42. The normalized spacial score (nSPS) is 18.1. The maximum atomic E-state index is 10.1. The fraction of sp³-hybridized carbons (Fsp3) is 0.400. The Morgan fingerprint density at radius 1 is 1.12 bits per heavy atom. The zero-order chi connectivity index (χ0) is 16.2. The molecule has 2 unspecified atom stereocenters. The Labute approximate surface area is 154 Å². The number of aryl methyl sites for hydroxylation is 1. The maximum absolute atomic E-state index is 10.1. The number of halogens is 1. The van der Waals surface area contributed by atoms with Crippen LogP contribution >= 0.6 is 17.0 Å². The van der Waals surface area contributed by atoms with E-state index in [9.17, 15) is 10.2 Å². The average Bonchev–Trinajstić information content (AvgIpc) is 3.03. The van der Waals surface area contributed by atoms with Crippen molar-refractivity contribution in [1.82, 2.24) is 5.32 Å². The van der Waals surface area contributed by atoms with E-state index in [4.69, 9.17) is 0 Å². The van der Waals surface area contributed by atoms with Gasteiger partial charge in [0.05, 0.1) is 0 Å². The summed E-state index contributed by atoms with van der Waals surface area (Å²) in [6.45, 7) is 3.21. The maximum Gasteiger partial charge on any atom is 0.122 e. The highest BCUT2D eigenvalue weighted by Crippen LogP contribution is 2.32. The fourth-order valence-corrected chi connectivity index (χ4v) is 3.47. The molecule has 0 aliphatic carbocycles. The monoisotopic (exact) mass is 391 g/mol. The van der Waals surface area contributed by atoms with Crippen molar-refractivity contribution in [2.24, 2.45) is 0 Å². The Hall–Kier alpha value is -1.52. The number of hydrogen-bond donors (Lipinski definition) is 3. The van der Waals surface area contributed by atoms with Gasteiger partial charge in [0.2, 0.25) is 0 Å². The van der Waals surface area contributed by atoms with Crippen LogP contribution in [0.2, 0.25) is 0 Å². The molecule has 1 heterocycles. The van der Waals surface area contributed by atoms with E-state index in [0.29, 0.717) is 12.0 Å². The molecule has 0 radical (unpaired) electrons. The van der Waals surface area contributed by atoms with Crippen molar-refractivity contribution >= 4 is 17.0 Å². The van der Waals surface area contributed by atoms with E-state index < -0.39 is 0 Å². The Bertz CT molecular complexity index is 651. The zero-order valence-electron chi connectivity index (χ0n) is 14.0. The molecule has 3 nitrogen and oxygen atoms in total. The molecular formula is C20H26BrNO2. The zero-order valence-corrected chi connectivity index (χ0v) is 15.7. The molecule has 2 aromatic rings. The van der Waals surface area contributed by atoms with E-state index in [1.54, 1.807) is 6.07 Å². The molecule has 24 heavy (non-hydrogen) atoms. The fourth-order valence-electron chi connectivity index (χ4n) is 3.47. The molecule has 0 spiro atoms. The lowest BCUT2D eigenvalue weighted by Crippen LogP contribution is -2.24. The third-order valence-corrected chi connectivity index (χ3v) is 4.82. The largest absolute Gasteiger partial charge is 0.508 e. The molecule has 2 aromatic carbocycles. The Morgan fingerprint density at radius 3 is 2.50 bits per heavy atom. The van der Waals surface area contributed by atoms with Crippen LogP contribution in [0.1, 0.15) is 41.9 Å². The van der Waals surface area contributed by atoms with Gasteiger partial charge in [-0.15, -0.1) is 17.0 Å². The van der Waals surface area contributed by atoms with Gasteiger partial charge in [-0.3, -0.25) is 0 Å². The third kappa shape index (κ3) is 4.74. The summed E-state index contributed by atoms with van der Waals surface area (Å²) in [5.41, 5.74) is 3.47. The lowest BCUT2D eigenvalue weighted by molar-refractivity contribution is 0.438. The molecule has 0 amide bonds. The van der Waals surface area contributed by atoms with Gasteiger partial charge in [-0.25, -0.2) is 0 Å². The van der Waals surface area contributed by atoms with Crippen LogP contribution in [0.25, 0.3) is 0 Å². The van der Waals surface area contributed by atoms with Crippen LogP contribution in [0.3, 0.4) is 0 Å². The number of hydrogen-bond acceptors (Lipinski definition) is 3. The van der Waals surface area contributed by atoms with Crippen LogP contribution in [0.15, 0.2) is 42.5 Å². The first-order chi connectivity index (χ1) is 11.1. The van der Waals surface area contributed by atoms with Crippen molar-refractivity contribution in [3.63, 3.8) is 0 Å². The summed E-state index contributed by atoms with van der Waals surface area (Å²) in [5.74, 6) is 0.652. The molecule has 3 rings (SSSR count). The third-order valence-electron chi connectivity index (χ3n) is 4.82. The van der Waals surface area contributed by atoms with E-state index in [0.717, 1.165) is 24.9 Å². The quantitative estimate of drug-likeness (QED) is 0.705. The Kier molecular flexibility index (Phi) is 6.69. The molecule has 4 heteroatoms. The summed E-state index contributed by atoms with van der Waals surface area (Å²) >= 11 is 0. The van der Waals surface area contributed by atoms with E-state index in [-0.39, 0.29) is 28.5 Å². The lowest BCUT2D eigenvalue weighted by Gasteiger charge is -2.22. The smallest absolute Gasteiger partial charge is 0.122 e. The van der Waals surface area contributed by atoms with Crippen molar-refractivity contribution in [1.29, 1.82) is 0 Å². The van der Waals surface area contributed by atoms with E-state index >= 15 is 0 Å². The summed E-state index contributed by atoms with van der Waals surface area (Å²) in [6, 6.07) is 14.2. The van der Waals surface area contributed by atoms with Gasteiger partial charge in [0.25, 0.3) is 0 Å². The number of aromatic hydroxyl groups is 2. The van der Waals surface area contributed by atoms with Gasteiger partial charge in [0.1, 0.15) is 11.5 Å². The van der Waals surface area contributed by atoms with Gasteiger partial charge in [-0.05, 0) is 62.3 Å². The van der Waals surface area contributed by atoms with Crippen LogP contribution in [-0.4, -0.2) is 22.8 Å². The highest BCUT2D eigenvalue weighted by molar-refractivity contribution is 8.93.